The molecule has 2 fully saturated rings. The van der Waals surface area contributed by atoms with Crippen molar-refractivity contribution in [2.24, 2.45) is 0 Å². The summed E-state index contributed by atoms with van der Waals surface area (Å²) in [6, 6.07) is 32.8. The standard InChI is InChI=1S/C39H44O7/c1-27(19-29-3-11-34(12-4-29)43-23-38-25-45-38)31-7-15-36(16-8-31)41-21-33(40)22-42-37-17-9-32(10-18-37)28(2)20-30-5-13-35(14-6-30)44-24-39-26-46-39/h3-18,27-28,33,38-40H,19-26H2,1-2H3. The van der Waals surface area contributed by atoms with Crippen molar-refractivity contribution in [3.8, 4) is 23.0 Å². The Labute approximate surface area is 272 Å². The second-order valence-corrected chi connectivity index (χ2v) is 12.4. The van der Waals surface area contributed by atoms with Crippen LogP contribution in [0.15, 0.2) is 97.1 Å². The van der Waals surface area contributed by atoms with Crippen molar-refractivity contribution < 1.29 is 33.5 Å². The molecule has 6 rings (SSSR count). The van der Waals surface area contributed by atoms with Gasteiger partial charge in [0.1, 0.15) is 67.7 Å². The number of aliphatic hydroxyl groups is 1. The van der Waals surface area contributed by atoms with E-state index in [1.807, 2.05) is 48.5 Å². The molecule has 0 radical (unpaired) electrons. The largest absolute Gasteiger partial charge is 0.491 e. The maximum absolute atomic E-state index is 10.5. The minimum Gasteiger partial charge on any atom is -0.491 e. The molecule has 7 heteroatoms. The van der Waals surface area contributed by atoms with Crippen LogP contribution < -0.4 is 18.9 Å². The van der Waals surface area contributed by atoms with Crippen molar-refractivity contribution in [3.63, 3.8) is 0 Å². The molecule has 0 aliphatic carbocycles. The smallest absolute Gasteiger partial charge is 0.122 e. The van der Waals surface area contributed by atoms with Gasteiger partial charge in [-0.2, -0.15) is 0 Å². The van der Waals surface area contributed by atoms with E-state index in [9.17, 15) is 5.11 Å². The summed E-state index contributed by atoms with van der Waals surface area (Å²) in [5.41, 5.74) is 5.01. The summed E-state index contributed by atoms with van der Waals surface area (Å²) in [7, 11) is 0. The SMILES string of the molecule is CC(Cc1ccc(OCC2CO2)cc1)c1ccc(OCC(O)COc2ccc(C(C)Cc3ccc(OCC4CO4)cc3)cc2)cc1. The fraction of sp³-hybridized carbons (Fsp3) is 0.385. The number of epoxide rings is 2. The van der Waals surface area contributed by atoms with Gasteiger partial charge in [-0.1, -0.05) is 62.4 Å². The first-order valence-electron chi connectivity index (χ1n) is 16.3. The van der Waals surface area contributed by atoms with Crippen molar-refractivity contribution in [1.29, 1.82) is 0 Å². The van der Waals surface area contributed by atoms with Gasteiger partial charge in [0, 0.05) is 0 Å². The fourth-order valence-electron chi connectivity index (χ4n) is 5.31. The number of benzene rings is 4. The first kappa shape index (κ1) is 31.9. The van der Waals surface area contributed by atoms with Gasteiger partial charge in [-0.3, -0.25) is 0 Å². The molecule has 0 saturated carbocycles. The summed E-state index contributed by atoms with van der Waals surface area (Å²) in [4.78, 5) is 0. The molecule has 1 N–H and O–H groups in total. The van der Waals surface area contributed by atoms with Gasteiger partial charge in [-0.25, -0.2) is 0 Å². The van der Waals surface area contributed by atoms with Crippen LogP contribution in [0, 0.1) is 0 Å². The molecule has 2 aliphatic rings. The van der Waals surface area contributed by atoms with Crippen molar-refractivity contribution in [3.05, 3.63) is 119 Å². The lowest BCUT2D eigenvalue weighted by Crippen LogP contribution is -2.25. The molecule has 0 bridgehead atoms. The molecule has 4 aromatic rings. The number of ether oxygens (including phenoxy) is 6. The second-order valence-electron chi connectivity index (χ2n) is 12.4. The highest BCUT2D eigenvalue weighted by Gasteiger charge is 2.23. The molecule has 0 amide bonds. The molecule has 2 saturated heterocycles. The van der Waals surface area contributed by atoms with E-state index in [0.29, 0.717) is 25.0 Å². The van der Waals surface area contributed by atoms with E-state index < -0.39 is 6.10 Å². The molecular weight excluding hydrogens is 580 g/mol. The quantitative estimate of drug-likeness (QED) is 0.123. The van der Waals surface area contributed by atoms with Crippen LogP contribution in [0.4, 0.5) is 0 Å². The molecule has 0 spiro atoms. The molecule has 7 nitrogen and oxygen atoms in total. The first-order valence-corrected chi connectivity index (χ1v) is 16.3. The maximum atomic E-state index is 10.5. The summed E-state index contributed by atoms with van der Waals surface area (Å²) in [6.07, 6.45) is 1.64. The molecule has 46 heavy (non-hydrogen) atoms. The van der Waals surface area contributed by atoms with Crippen LogP contribution in [0.2, 0.25) is 0 Å². The van der Waals surface area contributed by atoms with E-state index in [-0.39, 0.29) is 25.4 Å². The molecule has 0 aromatic heterocycles. The normalized spacial score (nSPS) is 18.7. The predicted molar refractivity (Wildman–Crippen MR) is 177 cm³/mol. The van der Waals surface area contributed by atoms with Crippen LogP contribution in [-0.4, -0.2) is 63.1 Å². The molecule has 2 heterocycles. The monoisotopic (exact) mass is 624 g/mol. The van der Waals surface area contributed by atoms with Gasteiger partial charge < -0.3 is 33.5 Å². The third-order valence-electron chi connectivity index (χ3n) is 8.39. The van der Waals surface area contributed by atoms with E-state index in [1.54, 1.807) is 0 Å². The zero-order chi connectivity index (χ0) is 31.7. The number of aliphatic hydroxyl groups excluding tert-OH is 1. The topological polar surface area (TPSA) is 82.2 Å². The third-order valence-corrected chi connectivity index (χ3v) is 8.39. The van der Waals surface area contributed by atoms with Gasteiger partial charge in [-0.15, -0.1) is 0 Å². The highest BCUT2D eigenvalue weighted by atomic mass is 16.6. The fourth-order valence-corrected chi connectivity index (χ4v) is 5.31. The van der Waals surface area contributed by atoms with E-state index in [2.05, 4.69) is 62.4 Å². The van der Waals surface area contributed by atoms with Crippen molar-refractivity contribution in [1.82, 2.24) is 0 Å². The van der Waals surface area contributed by atoms with Gasteiger partial charge >= 0.3 is 0 Å². The van der Waals surface area contributed by atoms with E-state index in [1.165, 1.54) is 22.3 Å². The summed E-state index contributed by atoms with van der Waals surface area (Å²) in [5, 5.41) is 10.5. The minimum atomic E-state index is -0.746. The van der Waals surface area contributed by atoms with Crippen LogP contribution in [0.25, 0.3) is 0 Å². The van der Waals surface area contributed by atoms with Crippen molar-refractivity contribution >= 4 is 0 Å². The van der Waals surface area contributed by atoms with Crippen molar-refractivity contribution in [2.45, 2.75) is 56.8 Å². The average Bonchev–Trinajstić information content (AvgIpc) is 4.02. The lowest BCUT2D eigenvalue weighted by molar-refractivity contribution is 0.0626. The molecule has 4 unspecified atom stereocenters. The Bertz CT molecular complexity index is 1360. The summed E-state index contributed by atoms with van der Waals surface area (Å²) in [6.45, 7) is 7.60. The van der Waals surface area contributed by atoms with Crippen LogP contribution in [0.1, 0.15) is 47.9 Å². The lowest BCUT2D eigenvalue weighted by Gasteiger charge is -2.16. The van der Waals surface area contributed by atoms with Gasteiger partial charge in [0.25, 0.3) is 0 Å². The molecule has 4 aromatic carbocycles. The van der Waals surface area contributed by atoms with Crippen LogP contribution in [0.5, 0.6) is 23.0 Å². The zero-order valence-corrected chi connectivity index (χ0v) is 26.7. The second kappa shape index (κ2) is 15.5. The molecule has 4 atom stereocenters. The van der Waals surface area contributed by atoms with Crippen LogP contribution >= 0.6 is 0 Å². The predicted octanol–water partition coefficient (Wildman–Crippen LogP) is 6.75. The Kier molecular flexibility index (Phi) is 10.8. The van der Waals surface area contributed by atoms with Crippen molar-refractivity contribution in [2.75, 3.05) is 39.6 Å². The lowest BCUT2D eigenvalue weighted by atomic mass is 9.94. The Morgan fingerprint density at radius 3 is 1.22 bits per heavy atom. The highest BCUT2D eigenvalue weighted by Crippen LogP contribution is 2.26. The number of hydrogen-bond acceptors (Lipinski definition) is 7. The number of hydrogen-bond donors (Lipinski definition) is 1. The van der Waals surface area contributed by atoms with Gasteiger partial charge in [0.15, 0.2) is 0 Å². The van der Waals surface area contributed by atoms with E-state index in [4.69, 9.17) is 28.4 Å². The molecule has 2 aliphatic heterocycles. The average molecular weight is 625 g/mol. The summed E-state index contributed by atoms with van der Waals surface area (Å²) >= 11 is 0. The Hall–Kier alpha value is -4.04. The van der Waals surface area contributed by atoms with Crippen LogP contribution in [-0.2, 0) is 22.3 Å². The Morgan fingerprint density at radius 2 is 0.870 bits per heavy atom. The first-order chi connectivity index (χ1) is 22.5. The van der Waals surface area contributed by atoms with Gasteiger partial charge in [-0.05, 0) is 95.5 Å². The Morgan fingerprint density at radius 1 is 0.543 bits per heavy atom. The third kappa shape index (κ3) is 9.98. The van der Waals surface area contributed by atoms with Crippen LogP contribution in [0.3, 0.4) is 0 Å². The Balaban J connectivity index is 0.883. The highest BCUT2D eigenvalue weighted by molar-refractivity contribution is 5.34. The van der Waals surface area contributed by atoms with E-state index >= 15 is 0 Å². The summed E-state index contributed by atoms with van der Waals surface area (Å²) in [5.74, 6) is 3.92. The zero-order valence-electron chi connectivity index (χ0n) is 26.7. The summed E-state index contributed by atoms with van der Waals surface area (Å²) < 4.78 is 33.5. The van der Waals surface area contributed by atoms with Gasteiger partial charge in [0.05, 0.1) is 13.2 Å². The molecular formula is C39H44O7. The van der Waals surface area contributed by atoms with E-state index in [0.717, 1.165) is 49.1 Å². The number of rotatable bonds is 18. The maximum Gasteiger partial charge on any atom is 0.122 e. The minimum absolute atomic E-state index is 0.156. The van der Waals surface area contributed by atoms with Gasteiger partial charge in [0.2, 0.25) is 0 Å². The molecule has 242 valence electrons.